The van der Waals surface area contributed by atoms with Crippen molar-refractivity contribution < 1.29 is 14.5 Å². The van der Waals surface area contributed by atoms with Gasteiger partial charge in [0.15, 0.2) is 0 Å². The summed E-state index contributed by atoms with van der Waals surface area (Å²) in [6.07, 6.45) is 4.09. The van der Waals surface area contributed by atoms with E-state index in [4.69, 9.17) is 0 Å². The molecular formula is C17H18N4O4. The van der Waals surface area contributed by atoms with E-state index in [1.54, 1.807) is 18.2 Å². The van der Waals surface area contributed by atoms with Crippen molar-refractivity contribution in [1.82, 2.24) is 10.3 Å². The molecule has 8 heteroatoms. The van der Waals surface area contributed by atoms with E-state index in [2.05, 4.69) is 15.6 Å². The molecule has 1 fully saturated rings. The lowest BCUT2D eigenvalue weighted by Gasteiger charge is -2.08. The molecule has 1 saturated carbocycles. The summed E-state index contributed by atoms with van der Waals surface area (Å²) in [5, 5.41) is 17.5. The maximum Gasteiger partial charge on any atom is 0.277 e. The van der Waals surface area contributed by atoms with Crippen LogP contribution >= 0.6 is 0 Å². The van der Waals surface area contributed by atoms with Crippen molar-refractivity contribution in [3.05, 3.63) is 40.6 Å². The molecule has 1 aliphatic rings. The Bertz CT molecular complexity index is 833. The minimum absolute atomic E-state index is 0.0295. The van der Waals surface area contributed by atoms with Crippen LogP contribution in [0.5, 0.6) is 0 Å². The Morgan fingerprint density at radius 3 is 2.76 bits per heavy atom. The molecule has 0 bridgehead atoms. The van der Waals surface area contributed by atoms with Gasteiger partial charge in [-0.05, 0) is 25.3 Å². The quantitative estimate of drug-likeness (QED) is 0.455. The average molecular weight is 342 g/mol. The predicted octanol–water partition coefficient (Wildman–Crippen LogP) is 2.39. The first kappa shape index (κ1) is 16.8. The number of hydrogen-bond donors (Lipinski definition) is 2. The van der Waals surface area contributed by atoms with Gasteiger partial charge in [0.05, 0.1) is 10.3 Å². The largest absolute Gasteiger partial charge is 0.356 e. The summed E-state index contributed by atoms with van der Waals surface area (Å²) < 4.78 is 0. The lowest BCUT2D eigenvalue weighted by molar-refractivity contribution is -0.383. The van der Waals surface area contributed by atoms with Gasteiger partial charge in [-0.15, -0.1) is 0 Å². The van der Waals surface area contributed by atoms with Gasteiger partial charge in [0.25, 0.3) is 5.69 Å². The summed E-state index contributed by atoms with van der Waals surface area (Å²) in [5.41, 5.74) is -0.0295. The molecule has 1 aliphatic carbocycles. The van der Waals surface area contributed by atoms with Crippen molar-refractivity contribution in [2.75, 3.05) is 11.9 Å². The average Bonchev–Trinajstić information content (AvgIpc) is 3.43. The number of non-ortho nitro benzene ring substituents is 1. The van der Waals surface area contributed by atoms with E-state index in [0.29, 0.717) is 29.6 Å². The Morgan fingerprint density at radius 1 is 1.24 bits per heavy atom. The fraction of sp³-hybridized carbons (Fsp3) is 0.353. The summed E-state index contributed by atoms with van der Waals surface area (Å²) in [6, 6.07) is 6.21. The number of carbonyl (C=O) groups is 2. The number of nitrogens with one attached hydrogen (secondary N) is 2. The van der Waals surface area contributed by atoms with Crippen LogP contribution in [0.25, 0.3) is 10.8 Å². The summed E-state index contributed by atoms with van der Waals surface area (Å²) in [6.45, 7) is 0.456. The monoisotopic (exact) mass is 342 g/mol. The van der Waals surface area contributed by atoms with Crippen molar-refractivity contribution in [2.24, 2.45) is 5.92 Å². The molecule has 0 aliphatic heterocycles. The molecule has 2 amide bonds. The third kappa shape index (κ3) is 4.09. The summed E-state index contributed by atoms with van der Waals surface area (Å²) in [7, 11) is 0. The number of pyridine rings is 1. The third-order valence-electron chi connectivity index (χ3n) is 4.07. The van der Waals surface area contributed by atoms with Crippen molar-refractivity contribution in [3.63, 3.8) is 0 Å². The molecule has 0 saturated heterocycles. The van der Waals surface area contributed by atoms with E-state index in [1.165, 1.54) is 12.3 Å². The van der Waals surface area contributed by atoms with Crippen LogP contribution in [0, 0.1) is 16.0 Å². The van der Waals surface area contributed by atoms with Crippen LogP contribution in [0.2, 0.25) is 0 Å². The molecule has 1 heterocycles. The van der Waals surface area contributed by atoms with Crippen molar-refractivity contribution in [2.45, 2.75) is 25.7 Å². The Morgan fingerprint density at radius 2 is 2.04 bits per heavy atom. The predicted molar refractivity (Wildman–Crippen MR) is 92.0 cm³/mol. The highest BCUT2D eigenvalue weighted by atomic mass is 16.6. The number of benzene rings is 1. The van der Waals surface area contributed by atoms with Gasteiger partial charge in [-0.1, -0.05) is 12.1 Å². The third-order valence-corrected chi connectivity index (χ3v) is 4.07. The van der Waals surface area contributed by atoms with Gasteiger partial charge in [0.1, 0.15) is 5.82 Å². The van der Waals surface area contributed by atoms with Crippen LogP contribution < -0.4 is 10.6 Å². The van der Waals surface area contributed by atoms with Gasteiger partial charge in [-0.3, -0.25) is 19.7 Å². The zero-order chi connectivity index (χ0) is 17.8. The fourth-order valence-corrected chi connectivity index (χ4v) is 2.59. The molecule has 8 nitrogen and oxygen atoms in total. The second-order valence-corrected chi connectivity index (χ2v) is 6.01. The summed E-state index contributed by atoms with van der Waals surface area (Å²) in [5.74, 6) is 0.272. The van der Waals surface area contributed by atoms with Gasteiger partial charge in [-0.25, -0.2) is 4.98 Å². The lowest BCUT2D eigenvalue weighted by Crippen LogP contribution is -2.26. The van der Waals surface area contributed by atoms with Crippen molar-refractivity contribution in [3.8, 4) is 0 Å². The number of anilines is 1. The van der Waals surface area contributed by atoms with Crippen LogP contribution in [-0.4, -0.2) is 28.3 Å². The van der Waals surface area contributed by atoms with Crippen LogP contribution in [-0.2, 0) is 9.59 Å². The van der Waals surface area contributed by atoms with Gasteiger partial charge >= 0.3 is 0 Å². The van der Waals surface area contributed by atoms with Crippen molar-refractivity contribution in [1.29, 1.82) is 0 Å². The smallest absolute Gasteiger partial charge is 0.277 e. The van der Waals surface area contributed by atoms with Gasteiger partial charge < -0.3 is 10.6 Å². The highest BCUT2D eigenvalue weighted by Crippen LogP contribution is 2.29. The first-order valence-electron chi connectivity index (χ1n) is 8.16. The highest BCUT2D eigenvalue weighted by Gasteiger charge is 2.29. The molecule has 130 valence electrons. The van der Waals surface area contributed by atoms with Crippen LogP contribution in [0.4, 0.5) is 11.5 Å². The van der Waals surface area contributed by atoms with E-state index >= 15 is 0 Å². The van der Waals surface area contributed by atoms with Crippen LogP contribution in [0.15, 0.2) is 30.5 Å². The van der Waals surface area contributed by atoms with E-state index in [1.807, 2.05) is 0 Å². The first-order valence-corrected chi connectivity index (χ1v) is 8.16. The molecule has 0 atom stereocenters. The van der Waals surface area contributed by atoms with E-state index in [0.717, 1.165) is 12.8 Å². The number of rotatable bonds is 7. The van der Waals surface area contributed by atoms with Gasteiger partial charge in [-0.2, -0.15) is 0 Å². The summed E-state index contributed by atoms with van der Waals surface area (Å²) in [4.78, 5) is 38.3. The number of aromatic nitrogens is 1. The first-order chi connectivity index (χ1) is 12.1. The molecule has 0 unspecified atom stereocenters. The SMILES string of the molecule is O=C(CCCNC(=O)C1CC1)Nc1nccc2c([N+](=O)[O-])cccc12. The highest BCUT2D eigenvalue weighted by molar-refractivity contribution is 6.03. The molecular weight excluding hydrogens is 324 g/mol. The Balaban J connectivity index is 1.60. The van der Waals surface area contributed by atoms with Gasteiger partial charge in [0, 0.05) is 36.5 Å². The number of nitro benzene ring substituents is 1. The number of nitrogens with zero attached hydrogens (tertiary/aromatic N) is 2. The molecule has 2 N–H and O–H groups in total. The molecule has 3 rings (SSSR count). The molecule has 0 radical (unpaired) electrons. The zero-order valence-electron chi connectivity index (χ0n) is 13.5. The topological polar surface area (TPSA) is 114 Å². The lowest BCUT2D eigenvalue weighted by atomic mass is 10.1. The maximum atomic E-state index is 12.1. The number of fused-ring (bicyclic) bond motifs is 1. The maximum absolute atomic E-state index is 12.1. The minimum atomic E-state index is -0.462. The van der Waals surface area contributed by atoms with Crippen molar-refractivity contribution >= 4 is 34.1 Å². The fourth-order valence-electron chi connectivity index (χ4n) is 2.59. The van der Waals surface area contributed by atoms with Gasteiger partial charge in [0.2, 0.25) is 11.8 Å². The Kier molecular flexibility index (Phi) is 4.87. The minimum Gasteiger partial charge on any atom is -0.356 e. The Hall–Kier alpha value is -3.03. The molecule has 0 spiro atoms. The van der Waals surface area contributed by atoms with Crippen LogP contribution in [0.3, 0.4) is 0 Å². The summed E-state index contributed by atoms with van der Waals surface area (Å²) >= 11 is 0. The number of nitro groups is 1. The number of carbonyl (C=O) groups excluding carboxylic acids is 2. The zero-order valence-corrected chi connectivity index (χ0v) is 13.5. The number of amides is 2. The standard InChI is InChI=1S/C17H18N4O4/c22-15(5-2-9-19-17(23)11-6-7-11)20-16-13-3-1-4-14(21(24)25)12(13)8-10-18-16/h1,3-4,8,10-11H,2,5-7,9H2,(H,19,23)(H,18,20,22). The van der Waals surface area contributed by atoms with E-state index in [9.17, 15) is 19.7 Å². The Labute approximate surface area is 143 Å². The molecule has 25 heavy (non-hydrogen) atoms. The number of hydrogen-bond acceptors (Lipinski definition) is 5. The molecule has 1 aromatic heterocycles. The second-order valence-electron chi connectivity index (χ2n) is 6.01. The molecule has 2 aromatic rings. The van der Waals surface area contributed by atoms with E-state index < -0.39 is 4.92 Å². The molecule has 1 aromatic carbocycles. The normalized spacial score (nSPS) is 13.4. The van der Waals surface area contributed by atoms with E-state index in [-0.39, 0.29) is 29.8 Å². The second kappa shape index (κ2) is 7.25. The van der Waals surface area contributed by atoms with Crippen LogP contribution in [0.1, 0.15) is 25.7 Å².